The highest BCUT2D eigenvalue weighted by atomic mass is 16.5. The fraction of sp³-hybridized carbons (Fsp3) is 0.357. The molecule has 34 heavy (non-hydrogen) atoms. The van der Waals surface area contributed by atoms with Gasteiger partial charge in [-0.1, -0.05) is 36.4 Å². The van der Waals surface area contributed by atoms with Crippen molar-refractivity contribution in [3.63, 3.8) is 0 Å². The first-order chi connectivity index (χ1) is 16.3. The summed E-state index contributed by atoms with van der Waals surface area (Å²) in [5.41, 5.74) is 4.45. The smallest absolute Gasteiger partial charge is 0.337 e. The zero-order chi connectivity index (χ0) is 24.4. The van der Waals surface area contributed by atoms with Gasteiger partial charge < -0.3 is 19.5 Å². The van der Waals surface area contributed by atoms with E-state index in [9.17, 15) is 9.59 Å². The number of esters is 1. The second-order valence-electron chi connectivity index (χ2n) is 8.99. The van der Waals surface area contributed by atoms with Crippen molar-refractivity contribution in [1.82, 2.24) is 5.32 Å². The summed E-state index contributed by atoms with van der Waals surface area (Å²) >= 11 is 0. The highest BCUT2D eigenvalue weighted by molar-refractivity contribution is 6.04. The quantitative estimate of drug-likeness (QED) is 0.609. The number of rotatable bonds is 6. The van der Waals surface area contributed by atoms with Crippen LogP contribution in [-0.2, 0) is 14.3 Å². The van der Waals surface area contributed by atoms with Crippen LogP contribution in [0.1, 0.15) is 56.6 Å². The number of nitrogens with one attached hydrogen (secondary N) is 1. The van der Waals surface area contributed by atoms with E-state index in [1.54, 1.807) is 20.3 Å². The van der Waals surface area contributed by atoms with E-state index in [0.717, 1.165) is 16.8 Å². The molecule has 0 aromatic heterocycles. The third-order valence-corrected chi connectivity index (χ3v) is 6.41. The second-order valence-corrected chi connectivity index (χ2v) is 8.99. The van der Waals surface area contributed by atoms with Gasteiger partial charge in [-0.25, -0.2) is 4.79 Å². The number of ketones is 1. The minimum absolute atomic E-state index is 0.0211. The molecule has 2 aromatic rings. The maximum absolute atomic E-state index is 13.7. The van der Waals surface area contributed by atoms with Crippen LogP contribution in [0.15, 0.2) is 71.1 Å². The van der Waals surface area contributed by atoms with E-state index in [-0.39, 0.29) is 17.8 Å². The highest BCUT2D eigenvalue weighted by Gasteiger charge is 2.42. The Bertz CT molecular complexity index is 1160. The summed E-state index contributed by atoms with van der Waals surface area (Å²) in [5.74, 6) is 0.261. The predicted octanol–water partition coefficient (Wildman–Crippen LogP) is 5.02. The number of hydrogen-bond acceptors (Lipinski definition) is 6. The van der Waals surface area contributed by atoms with Crippen LogP contribution >= 0.6 is 0 Å². The molecule has 0 saturated heterocycles. The molecule has 6 heteroatoms. The Hall–Kier alpha value is -3.54. The first-order valence-corrected chi connectivity index (χ1v) is 11.6. The molecule has 0 spiro atoms. The minimum atomic E-state index is -0.590. The first-order valence-electron chi connectivity index (χ1n) is 11.6. The summed E-state index contributed by atoms with van der Waals surface area (Å²) in [6.07, 6.45) is 0.778. The highest BCUT2D eigenvalue weighted by Crippen LogP contribution is 2.48. The van der Waals surface area contributed by atoms with Gasteiger partial charge in [-0.3, -0.25) is 4.79 Å². The number of hydrogen-bond donors (Lipinski definition) is 1. The lowest BCUT2D eigenvalue weighted by Gasteiger charge is -2.37. The van der Waals surface area contributed by atoms with E-state index in [1.165, 1.54) is 0 Å². The molecule has 4 rings (SSSR count). The summed E-state index contributed by atoms with van der Waals surface area (Å²) < 4.78 is 16.6. The third kappa shape index (κ3) is 4.45. The van der Waals surface area contributed by atoms with Crippen LogP contribution in [-0.4, -0.2) is 32.1 Å². The number of methoxy groups -OCH3 is 2. The number of benzene rings is 2. The summed E-state index contributed by atoms with van der Waals surface area (Å²) in [5, 5.41) is 3.38. The number of carbonyl (C=O) groups is 2. The summed E-state index contributed by atoms with van der Waals surface area (Å²) in [7, 11) is 3.16. The molecular formula is C28H31NO5. The largest absolute Gasteiger partial charge is 0.497 e. The Morgan fingerprint density at radius 2 is 1.76 bits per heavy atom. The maximum atomic E-state index is 13.7. The average molecular weight is 462 g/mol. The summed E-state index contributed by atoms with van der Waals surface area (Å²) in [6.45, 7) is 5.49. The van der Waals surface area contributed by atoms with Crippen LogP contribution in [0.2, 0.25) is 0 Å². The van der Waals surface area contributed by atoms with Crippen LogP contribution in [0, 0.1) is 0 Å². The van der Waals surface area contributed by atoms with Gasteiger partial charge in [0, 0.05) is 35.0 Å². The van der Waals surface area contributed by atoms with Crippen molar-refractivity contribution >= 4 is 11.8 Å². The van der Waals surface area contributed by atoms with Crippen molar-refractivity contribution in [2.24, 2.45) is 0 Å². The van der Waals surface area contributed by atoms with Gasteiger partial charge in [-0.15, -0.1) is 0 Å². The van der Waals surface area contributed by atoms with Crippen molar-refractivity contribution in [1.29, 1.82) is 0 Å². The van der Waals surface area contributed by atoms with Crippen LogP contribution in [0.3, 0.4) is 0 Å². The molecule has 178 valence electrons. The van der Waals surface area contributed by atoms with Gasteiger partial charge in [0.25, 0.3) is 0 Å². The lowest BCUT2D eigenvalue weighted by Crippen LogP contribution is -2.36. The zero-order valence-electron chi connectivity index (χ0n) is 20.3. The molecule has 1 N–H and O–H groups in total. The molecule has 2 aliphatic rings. The second kappa shape index (κ2) is 9.75. The van der Waals surface area contributed by atoms with Crippen molar-refractivity contribution in [2.45, 2.75) is 51.6 Å². The van der Waals surface area contributed by atoms with Crippen molar-refractivity contribution in [3.8, 4) is 11.5 Å². The fourth-order valence-electron chi connectivity index (χ4n) is 4.92. The molecule has 2 atom stereocenters. The van der Waals surface area contributed by atoms with E-state index >= 15 is 0 Å². The monoisotopic (exact) mass is 461 g/mol. The van der Waals surface area contributed by atoms with Crippen LogP contribution in [0.4, 0.5) is 0 Å². The minimum Gasteiger partial charge on any atom is -0.497 e. The molecule has 0 amide bonds. The SMILES string of the molecule is COc1ccc([C@H]2C(C(=O)OC(C)C)=C(C)NC3=C2C(=O)C[C@@H](c2ccccc2)C3)c(OC)c1. The number of ether oxygens (including phenoxy) is 3. The van der Waals surface area contributed by atoms with E-state index in [2.05, 4.69) is 17.4 Å². The van der Waals surface area contributed by atoms with Crippen molar-refractivity contribution in [2.75, 3.05) is 14.2 Å². The van der Waals surface area contributed by atoms with Gasteiger partial charge in [-0.05, 0) is 44.7 Å². The van der Waals surface area contributed by atoms with Crippen molar-refractivity contribution < 1.29 is 23.8 Å². The molecule has 0 fully saturated rings. The Kier molecular flexibility index (Phi) is 6.77. The van der Waals surface area contributed by atoms with Crippen LogP contribution < -0.4 is 14.8 Å². The first kappa shape index (κ1) is 23.6. The molecule has 0 saturated carbocycles. The Balaban J connectivity index is 1.85. The lowest BCUT2D eigenvalue weighted by molar-refractivity contribution is -0.143. The number of dihydropyridines is 1. The molecule has 0 bridgehead atoms. The molecule has 1 aliphatic heterocycles. The molecule has 6 nitrogen and oxygen atoms in total. The number of allylic oxidation sites excluding steroid dienone is 3. The third-order valence-electron chi connectivity index (χ3n) is 6.41. The Labute approximate surface area is 200 Å². The molecule has 0 unspecified atom stereocenters. The molecule has 1 heterocycles. The van der Waals surface area contributed by atoms with Gasteiger partial charge in [0.1, 0.15) is 11.5 Å². The molecule has 0 radical (unpaired) electrons. The zero-order valence-corrected chi connectivity index (χ0v) is 20.3. The van der Waals surface area contributed by atoms with E-state index in [4.69, 9.17) is 14.2 Å². The average Bonchev–Trinajstić information content (AvgIpc) is 2.82. The van der Waals surface area contributed by atoms with Gasteiger partial charge in [-0.2, -0.15) is 0 Å². The Morgan fingerprint density at radius 1 is 1.03 bits per heavy atom. The van der Waals surface area contributed by atoms with Gasteiger partial charge in [0.15, 0.2) is 5.78 Å². The molecular weight excluding hydrogens is 430 g/mol. The Morgan fingerprint density at radius 3 is 2.41 bits per heavy atom. The van der Waals surface area contributed by atoms with Crippen LogP contribution in [0.25, 0.3) is 0 Å². The summed E-state index contributed by atoms with van der Waals surface area (Å²) in [6, 6.07) is 15.5. The van der Waals surface area contributed by atoms with Gasteiger partial charge in [0.2, 0.25) is 0 Å². The predicted molar refractivity (Wildman–Crippen MR) is 130 cm³/mol. The van der Waals surface area contributed by atoms with Gasteiger partial charge >= 0.3 is 5.97 Å². The van der Waals surface area contributed by atoms with E-state index in [1.807, 2.05) is 51.1 Å². The van der Waals surface area contributed by atoms with Gasteiger partial charge in [0.05, 0.1) is 31.8 Å². The topological polar surface area (TPSA) is 73.9 Å². The number of carbonyl (C=O) groups excluding carboxylic acids is 2. The van der Waals surface area contributed by atoms with Crippen LogP contribution in [0.5, 0.6) is 11.5 Å². The number of Topliss-reactive ketones (excluding diaryl/α,β-unsaturated/α-hetero) is 1. The maximum Gasteiger partial charge on any atom is 0.337 e. The summed E-state index contributed by atoms with van der Waals surface area (Å²) in [4.78, 5) is 27.0. The normalized spacial score (nSPS) is 20.1. The molecule has 1 aliphatic carbocycles. The molecule has 2 aromatic carbocycles. The van der Waals surface area contributed by atoms with E-state index < -0.39 is 11.9 Å². The van der Waals surface area contributed by atoms with E-state index in [0.29, 0.717) is 41.2 Å². The lowest BCUT2D eigenvalue weighted by atomic mass is 9.71. The van der Waals surface area contributed by atoms with Crippen molar-refractivity contribution in [3.05, 3.63) is 82.2 Å². The standard InChI is InChI=1S/C28H31NO5/c1-16(2)34-28(31)25-17(3)29-22-13-19(18-9-7-6-8-10-18)14-23(30)27(22)26(25)21-12-11-20(32-4)15-24(21)33-5/h6-12,15-16,19,26,29H,13-14H2,1-5H3/t19-,26-/m0/s1. The fourth-order valence-corrected chi connectivity index (χ4v) is 4.92.